The molecule has 0 spiro atoms. The summed E-state index contributed by atoms with van der Waals surface area (Å²) in [6, 6.07) is 0. The average Bonchev–Trinajstić information content (AvgIpc) is 3.26. The van der Waals surface area contributed by atoms with Crippen molar-refractivity contribution in [1.29, 1.82) is 0 Å². The van der Waals surface area contributed by atoms with Crippen LogP contribution in [0.15, 0.2) is 60.8 Å². The minimum Gasteiger partial charge on any atom is -0.462 e. The smallest absolute Gasteiger partial charge is 0.462 e. The van der Waals surface area contributed by atoms with Crippen LogP contribution < -0.4 is 0 Å². The van der Waals surface area contributed by atoms with E-state index in [0.717, 1.165) is 63.9 Å². The van der Waals surface area contributed by atoms with E-state index < -0.39 is 99.4 Å². The van der Waals surface area contributed by atoms with E-state index >= 15 is 0 Å². The Balaban J connectivity index is 2.14. The molecule has 7 N–H and O–H groups in total. The molecule has 1 aliphatic carbocycles. The first kappa shape index (κ1) is 56.3. The van der Waals surface area contributed by atoms with Crippen LogP contribution in [0, 0.1) is 11.8 Å². The van der Waals surface area contributed by atoms with E-state index in [-0.39, 0.29) is 19.3 Å². The van der Waals surface area contributed by atoms with Crippen molar-refractivity contribution in [3.05, 3.63) is 60.8 Å². The molecule has 1 heterocycles. The van der Waals surface area contributed by atoms with Crippen molar-refractivity contribution in [3.63, 3.8) is 0 Å². The Bertz CT molecular complexity index is 1490. The van der Waals surface area contributed by atoms with Crippen LogP contribution in [-0.4, -0.2) is 115 Å². The van der Waals surface area contributed by atoms with Crippen molar-refractivity contribution in [1.82, 2.24) is 0 Å². The number of phosphoric ester groups is 1. The van der Waals surface area contributed by atoms with Gasteiger partial charge in [0.2, 0.25) is 0 Å². The number of ketones is 1. The number of phosphoric acid groups is 1. The number of rotatable bonds is 22. The van der Waals surface area contributed by atoms with Crippen LogP contribution >= 0.6 is 7.82 Å². The maximum atomic E-state index is 13.5. The number of carbonyl (C=O) groups is 3. The highest BCUT2D eigenvalue weighted by Crippen LogP contribution is 2.47. The van der Waals surface area contributed by atoms with Gasteiger partial charge in [-0.3, -0.25) is 23.4 Å². The molecule has 2 bridgehead atoms. The van der Waals surface area contributed by atoms with Gasteiger partial charge in [0.1, 0.15) is 31.0 Å². The van der Waals surface area contributed by atoms with Gasteiger partial charge in [0.15, 0.2) is 11.9 Å². The first-order chi connectivity index (χ1) is 30.2. The van der Waals surface area contributed by atoms with Gasteiger partial charge in [0.05, 0.1) is 30.8 Å². The number of fused-ring (bicyclic) bond motifs is 4. The van der Waals surface area contributed by atoms with Crippen molar-refractivity contribution in [3.8, 4) is 0 Å². The van der Waals surface area contributed by atoms with Crippen molar-refractivity contribution in [2.45, 2.75) is 191 Å². The van der Waals surface area contributed by atoms with Gasteiger partial charge in [-0.05, 0) is 70.3 Å². The molecule has 0 aromatic rings. The van der Waals surface area contributed by atoms with Crippen LogP contribution in [0.25, 0.3) is 0 Å². The molecule has 0 fully saturated rings. The summed E-state index contributed by atoms with van der Waals surface area (Å²) in [6.07, 6.45) is 16.1. The number of carbonyl (C=O) groups excluding carboxylic acids is 3. The lowest BCUT2D eigenvalue weighted by Gasteiger charge is -2.36. The molecule has 0 aromatic heterocycles. The van der Waals surface area contributed by atoms with Gasteiger partial charge in [0.25, 0.3) is 0 Å². The summed E-state index contributed by atoms with van der Waals surface area (Å²) < 4.78 is 34.6. The lowest BCUT2D eigenvalue weighted by molar-refractivity contribution is -0.164. The fourth-order valence-corrected chi connectivity index (χ4v) is 8.14. The van der Waals surface area contributed by atoms with E-state index in [9.17, 15) is 54.5 Å². The number of unbranched alkanes of at least 4 members (excludes halogenated alkanes) is 10. The number of esters is 2. The Morgan fingerprint density at radius 3 is 2.21 bits per heavy atom. The molecule has 11 atom stereocenters. The molecule has 0 radical (unpaired) electrons. The summed E-state index contributed by atoms with van der Waals surface area (Å²) in [4.78, 5) is 49.8. The van der Waals surface area contributed by atoms with Crippen LogP contribution in [0.1, 0.15) is 142 Å². The fourth-order valence-electron chi connectivity index (χ4n) is 7.17. The highest BCUT2D eigenvalue weighted by molar-refractivity contribution is 7.47. The first-order valence-corrected chi connectivity index (χ1v) is 24.6. The summed E-state index contributed by atoms with van der Waals surface area (Å²) in [7, 11) is -5.42. The Kier molecular flexibility index (Phi) is 29.3. The standard InChI is InChI=1S/C47H77O15P/c1-3-5-7-8-9-10-11-12-13-14-15-16-17-18-23-27-40(50)59-33-37-34-60-63(57,58)62-47-45(55)43(53)38(31-30-36(48)26-21-6-4-2)39(49)32-29-35(42(52)44(54)46(47)56)25-22-19-20-24-28-41(51)61-37/h9-10,12-13,19,22,29-32,35-38,42-48,52-56H,3-8,11,14-18,20-21,23-28,33-34H2,1-2H3,(H,57,58)/b10-9-,13-12-,22-19-,31-30+,32-29-/t35-,36-,37+,38-,42+,43+,44-,45+,46+,47+/m0/s1. The van der Waals surface area contributed by atoms with Crippen LogP contribution in [0.2, 0.25) is 0 Å². The molecule has 15 nitrogen and oxygen atoms in total. The van der Waals surface area contributed by atoms with Crippen LogP contribution in [0.3, 0.4) is 0 Å². The van der Waals surface area contributed by atoms with Gasteiger partial charge in [-0.25, -0.2) is 4.57 Å². The summed E-state index contributed by atoms with van der Waals surface area (Å²) in [6.45, 7) is 2.81. The largest absolute Gasteiger partial charge is 0.472 e. The molecular formula is C47H77O15P. The Labute approximate surface area is 374 Å². The molecule has 2 aliphatic rings. The quantitative estimate of drug-likeness (QED) is 0.0263. The number of hydrogen-bond acceptors (Lipinski definition) is 14. The fraction of sp³-hybridized carbons (Fsp3) is 0.723. The van der Waals surface area contributed by atoms with Gasteiger partial charge in [0, 0.05) is 18.8 Å². The molecule has 0 saturated carbocycles. The second kappa shape index (κ2) is 32.8. The highest BCUT2D eigenvalue weighted by atomic mass is 31.2. The van der Waals surface area contributed by atoms with Crippen molar-refractivity contribution >= 4 is 25.5 Å². The molecule has 0 saturated heterocycles. The van der Waals surface area contributed by atoms with Gasteiger partial charge < -0.3 is 45.0 Å². The van der Waals surface area contributed by atoms with E-state index in [1.807, 2.05) is 6.92 Å². The molecule has 0 aromatic carbocycles. The normalized spacial score (nSPS) is 31.2. The third-order valence-electron chi connectivity index (χ3n) is 11.1. The van der Waals surface area contributed by atoms with E-state index in [4.69, 9.17) is 18.5 Å². The van der Waals surface area contributed by atoms with Crippen LogP contribution in [-0.2, 0) is 37.5 Å². The zero-order valence-electron chi connectivity index (χ0n) is 37.4. The van der Waals surface area contributed by atoms with Gasteiger partial charge in [-0.2, -0.15) is 0 Å². The summed E-state index contributed by atoms with van der Waals surface area (Å²) in [5, 5.41) is 66.8. The maximum absolute atomic E-state index is 13.5. The number of aliphatic hydroxyl groups is 6. The molecule has 1 unspecified atom stereocenters. The zero-order valence-corrected chi connectivity index (χ0v) is 38.3. The van der Waals surface area contributed by atoms with Crippen molar-refractivity contribution in [2.75, 3.05) is 13.2 Å². The molecule has 63 heavy (non-hydrogen) atoms. The van der Waals surface area contributed by atoms with Crippen LogP contribution in [0.4, 0.5) is 0 Å². The van der Waals surface area contributed by atoms with Gasteiger partial charge in [-0.1, -0.05) is 120 Å². The molecular weight excluding hydrogens is 835 g/mol. The van der Waals surface area contributed by atoms with Crippen molar-refractivity contribution in [2.24, 2.45) is 11.8 Å². The average molecular weight is 913 g/mol. The topological polar surface area (TPSA) is 247 Å². The summed E-state index contributed by atoms with van der Waals surface area (Å²) in [5.74, 6) is -4.65. The second-order valence-corrected chi connectivity index (χ2v) is 18.0. The first-order valence-electron chi connectivity index (χ1n) is 23.1. The molecule has 1 aliphatic heterocycles. The predicted octanol–water partition coefficient (Wildman–Crippen LogP) is 6.56. The lowest BCUT2D eigenvalue weighted by Crippen LogP contribution is -2.55. The number of allylic oxidation sites excluding steroid dienone is 7. The van der Waals surface area contributed by atoms with E-state index in [1.165, 1.54) is 37.5 Å². The SMILES string of the molecule is CCCCC/C=C\C/C=C\CCCCCCCC(=O)OC[C@@H]1COP(=O)(O)O[C@H]2[C@H](O)[C@@H](O)[C@H](O)[C@H](/C=C\C(=O)[C@H](/C=C/[C@@H](O)CCCCC)[C@@H](O)[C@H]2O)C/C=C\CCCC(=O)O1. The third-order valence-corrected chi connectivity index (χ3v) is 12.1. The third kappa shape index (κ3) is 23.8. The van der Waals surface area contributed by atoms with E-state index in [0.29, 0.717) is 32.1 Å². The van der Waals surface area contributed by atoms with Crippen LogP contribution in [0.5, 0.6) is 0 Å². The highest BCUT2D eigenvalue weighted by Gasteiger charge is 2.47. The molecule has 16 heteroatoms. The Morgan fingerprint density at radius 1 is 0.841 bits per heavy atom. The number of hydrogen-bond donors (Lipinski definition) is 7. The predicted molar refractivity (Wildman–Crippen MR) is 239 cm³/mol. The lowest BCUT2D eigenvalue weighted by atomic mass is 9.87. The number of aliphatic hydroxyl groups excluding tert-OH is 6. The molecule has 0 amide bonds. The second-order valence-electron chi connectivity index (χ2n) is 16.6. The summed E-state index contributed by atoms with van der Waals surface area (Å²) >= 11 is 0. The Hall–Kier alpha value is -2.82. The number of ether oxygens (including phenoxy) is 2. The minimum absolute atomic E-state index is 0.0245. The summed E-state index contributed by atoms with van der Waals surface area (Å²) in [5.41, 5.74) is 0. The zero-order chi connectivity index (χ0) is 46.5. The van der Waals surface area contributed by atoms with E-state index in [2.05, 4.69) is 31.2 Å². The minimum atomic E-state index is -5.42. The van der Waals surface area contributed by atoms with Crippen molar-refractivity contribution < 1.29 is 73.0 Å². The van der Waals surface area contributed by atoms with Gasteiger partial charge in [-0.15, -0.1) is 0 Å². The monoisotopic (exact) mass is 913 g/mol. The van der Waals surface area contributed by atoms with Gasteiger partial charge >= 0.3 is 19.8 Å². The Morgan fingerprint density at radius 2 is 1.49 bits per heavy atom. The molecule has 360 valence electrons. The number of cyclic esters (lactones) is 1. The molecule has 2 rings (SSSR count). The van der Waals surface area contributed by atoms with E-state index in [1.54, 1.807) is 12.2 Å². The maximum Gasteiger partial charge on any atom is 0.472 e.